The Hall–Kier alpha value is -1.30. The number of hydrogen-bond acceptors (Lipinski definition) is 4. The fourth-order valence-corrected chi connectivity index (χ4v) is 1.10. The van der Waals surface area contributed by atoms with Gasteiger partial charge in [0.15, 0.2) is 0 Å². The third-order valence-electron chi connectivity index (χ3n) is 1.94. The van der Waals surface area contributed by atoms with Gasteiger partial charge in [0.05, 0.1) is 13.2 Å². The molecule has 0 atom stereocenters. The normalized spacial score (nSPS) is 9.69. The highest BCUT2D eigenvalue weighted by molar-refractivity contribution is 5.73. The quantitative estimate of drug-likeness (QED) is 0.682. The van der Waals surface area contributed by atoms with Gasteiger partial charge in [-0.3, -0.25) is 4.79 Å². The van der Waals surface area contributed by atoms with Crippen LogP contribution in [0.15, 0.2) is 0 Å². The first-order valence-corrected chi connectivity index (χ1v) is 5.26. The molecule has 2 amide bonds. The van der Waals surface area contributed by atoms with Crippen LogP contribution in [-0.2, 0) is 14.3 Å². The number of nitrogens with zero attached hydrogens (tertiary/aromatic N) is 1. The van der Waals surface area contributed by atoms with Crippen LogP contribution in [0.2, 0.25) is 0 Å². The second-order valence-corrected chi connectivity index (χ2v) is 3.15. The van der Waals surface area contributed by atoms with Crippen molar-refractivity contribution in [2.24, 2.45) is 0 Å². The summed E-state index contributed by atoms with van der Waals surface area (Å²) in [6.07, 6.45) is -0.460. The predicted octanol–water partition coefficient (Wildman–Crippen LogP) is 0.227. The number of carbonyl (C=O) groups is 2. The van der Waals surface area contributed by atoms with Crippen molar-refractivity contribution in [3.05, 3.63) is 0 Å². The van der Waals surface area contributed by atoms with Crippen LogP contribution in [0, 0.1) is 0 Å². The Morgan fingerprint density at radius 2 is 2.00 bits per heavy atom. The summed E-state index contributed by atoms with van der Waals surface area (Å²) in [6, 6.07) is 0. The largest absolute Gasteiger partial charge is 0.450 e. The van der Waals surface area contributed by atoms with Crippen molar-refractivity contribution in [1.82, 2.24) is 10.2 Å². The van der Waals surface area contributed by atoms with Gasteiger partial charge in [0.25, 0.3) is 0 Å². The van der Waals surface area contributed by atoms with Crippen LogP contribution in [-0.4, -0.2) is 56.9 Å². The molecule has 0 saturated carbocycles. The fourth-order valence-electron chi connectivity index (χ4n) is 1.10. The van der Waals surface area contributed by atoms with Crippen LogP contribution in [0.1, 0.15) is 13.8 Å². The minimum atomic E-state index is -0.460. The molecule has 0 heterocycles. The van der Waals surface area contributed by atoms with Crippen LogP contribution in [0.5, 0.6) is 0 Å². The molecule has 0 unspecified atom stereocenters. The Balaban J connectivity index is 3.75. The molecule has 0 aromatic heterocycles. The van der Waals surface area contributed by atoms with E-state index in [1.807, 2.05) is 0 Å². The van der Waals surface area contributed by atoms with Gasteiger partial charge in [-0.15, -0.1) is 0 Å². The monoisotopic (exact) mass is 232 g/mol. The van der Waals surface area contributed by atoms with E-state index in [1.54, 1.807) is 18.9 Å². The molecule has 16 heavy (non-hydrogen) atoms. The lowest BCUT2D eigenvalue weighted by Crippen LogP contribution is -2.39. The second-order valence-electron chi connectivity index (χ2n) is 3.15. The minimum absolute atomic E-state index is 0.0392. The van der Waals surface area contributed by atoms with E-state index in [2.05, 4.69) is 10.1 Å². The summed E-state index contributed by atoms with van der Waals surface area (Å²) in [6.45, 7) is 5.40. The lowest BCUT2D eigenvalue weighted by Gasteiger charge is -2.20. The van der Waals surface area contributed by atoms with Crippen LogP contribution in [0.4, 0.5) is 4.79 Å². The van der Waals surface area contributed by atoms with E-state index >= 15 is 0 Å². The zero-order chi connectivity index (χ0) is 12.4. The number of methoxy groups -OCH3 is 1. The molecule has 0 aliphatic rings. The topological polar surface area (TPSA) is 67.9 Å². The highest BCUT2D eigenvalue weighted by Gasteiger charge is 2.08. The highest BCUT2D eigenvalue weighted by atomic mass is 16.5. The van der Waals surface area contributed by atoms with Gasteiger partial charge in [-0.1, -0.05) is 0 Å². The summed E-state index contributed by atoms with van der Waals surface area (Å²) in [5.74, 6) is -0.0392. The summed E-state index contributed by atoms with van der Waals surface area (Å²) in [5, 5.41) is 2.55. The molecule has 0 spiro atoms. The van der Waals surface area contributed by atoms with Crippen molar-refractivity contribution in [1.29, 1.82) is 0 Å². The molecule has 0 saturated heterocycles. The van der Waals surface area contributed by atoms with E-state index in [0.717, 1.165) is 0 Å². The van der Waals surface area contributed by atoms with Crippen LogP contribution < -0.4 is 5.32 Å². The van der Waals surface area contributed by atoms with Crippen LogP contribution in [0.3, 0.4) is 0 Å². The van der Waals surface area contributed by atoms with Crippen molar-refractivity contribution >= 4 is 12.0 Å². The smallest absolute Gasteiger partial charge is 0.407 e. The molecule has 0 aliphatic carbocycles. The van der Waals surface area contributed by atoms with Crippen molar-refractivity contribution in [2.45, 2.75) is 13.8 Å². The van der Waals surface area contributed by atoms with Crippen LogP contribution in [0.25, 0.3) is 0 Å². The summed E-state index contributed by atoms with van der Waals surface area (Å²) in [7, 11) is 1.58. The van der Waals surface area contributed by atoms with Gasteiger partial charge in [0, 0.05) is 33.7 Å². The van der Waals surface area contributed by atoms with E-state index in [1.165, 1.54) is 6.92 Å². The van der Waals surface area contributed by atoms with Crippen molar-refractivity contribution in [3.63, 3.8) is 0 Å². The summed E-state index contributed by atoms with van der Waals surface area (Å²) in [4.78, 5) is 23.7. The summed E-state index contributed by atoms with van der Waals surface area (Å²) >= 11 is 0. The molecule has 1 N–H and O–H groups in total. The van der Waals surface area contributed by atoms with Crippen molar-refractivity contribution < 1.29 is 19.1 Å². The maximum Gasteiger partial charge on any atom is 0.407 e. The predicted molar refractivity (Wildman–Crippen MR) is 59.2 cm³/mol. The second kappa shape index (κ2) is 8.96. The Bertz CT molecular complexity index is 221. The first-order chi connectivity index (χ1) is 7.61. The lowest BCUT2D eigenvalue weighted by molar-refractivity contribution is -0.129. The van der Waals surface area contributed by atoms with Gasteiger partial charge in [0.2, 0.25) is 5.91 Å². The molecule has 0 aromatic rings. The molecule has 0 rings (SSSR count). The Kier molecular flexibility index (Phi) is 8.24. The number of hydrogen-bond donors (Lipinski definition) is 1. The maximum absolute atomic E-state index is 11.2. The van der Waals surface area contributed by atoms with E-state index in [0.29, 0.717) is 32.8 Å². The number of nitrogens with one attached hydrogen (secondary N) is 1. The molecule has 0 fully saturated rings. The molecule has 0 bridgehead atoms. The van der Waals surface area contributed by atoms with Gasteiger partial charge in [-0.25, -0.2) is 4.79 Å². The Morgan fingerprint density at radius 1 is 1.31 bits per heavy atom. The van der Waals surface area contributed by atoms with E-state index in [9.17, 15) is 9.59 Å². The molecular weight excluding hydrogens is 212 g/mol. The number of ether oxygens (including phenoxy) is 2. The molecule has 0 radical (unpaired) electrons. The molecule has 0 aromatic carbocycles. The first-order valence-electron chi connectivity index (χ1n) is 5.26. The average Bonchev–Trinajstić information content (AvgIpc) is 2.23. The number of amides is 2. The van der Waals surface area contributed by atoms with Crippen molar-refractivity contribution in [2.75, 3.05) is 40.0 Å². The Labute approximate surface area is 95.9 Å². The number of alkyl carbamates (subject to hydrolysis) is 1. The third-order valence-corrected chi connectivity index (χ3v) is 1.94. The lowest BCUT2D eigenvalue weighted by atomic mass is 10.4. The summed E-state index contributed by atoms with van der Waals surface area (Å²) < 4.78 is 9.57. The van der Waals surface area contributed by atoms with E-state index in [4.69, 9.17) is 4.74 Å². The molecule has 0 aliphatic heterocycles. The SMILES string of the molecule is CCOC(=O)NCCN(CCOC)C(C)=O. The maximum atomic E-state index is 11.2. The van der Waals surface area contributed by atoms with Crippen LogP contribution >= 0.6 is 0 Å². The number of carbonyl (C=O) groups excluding carboxylic acids is 2. The zero-order valence-electron chi connectivity index (χ0n) is 10.1. The van der Waals surface area contributed by atoms with Gasteiger partial charge >= 0.3 is 6.09 Å². The Morgan fingerprint density at radius 3 is 2.50 bits per heavy atom. The molecule has 6 heteroatoms. The highest BCUT2D eigenvalue weighted by Crippen LogP contribution is 1.89. The van der Waals surface area contributed by atoms with Gasteiger partial charge < -0.3 is 19.7 Å². The van der Waals surface area contributed by atoms with Crippen molar-refractivity contribution in [3.8, 4) is 0 Å². The third kappa shape index (κ3) is 7.05. The van der Waals surface area contributed by atoms with E-state index < -0.39 is 6.09 Å². The molecular formula is C10H20N2O4. The minimum Gasteiger partial charge on any atom is -0.450 e. The standard InChI is InChI=1S/C10H20N2O4/c1-4-16-10(14)11-5-6-12(9(2)13)7-8-15-3/h4-8H2,1-3H3,(H,11,14). The van der Waals surface area contributed by atoms with Gasteiger partial charge in [-0.2, -0.15) is 0 Å². The van der Waals surface area contributed by atoms with Gasteiger partial charge in [0.1, 0.15) is 0 Å². The molecule has 6 nitrogen and oxygen atoms in total. The zero-order valence-corrected chi connectivity index (χ0v) is 10.1. The first kappa shape index (κ1) is 14.7. The number of rotatable bonds is 7. The molecule has 94 valence electrons. The van der Waals surface area contributed by atoms with E-state index in [-0.39, 0.29) is 5.91 Å². The fraction of sp³-hybridized carbons (Fsp3) is 0.800. The summed E-state index contributed by atoms with van der Waals surface area (Å²) in [5.41, 5.74) is 0. The average molecular weight is 232 g/mol. The van der Waals surface area contributed by atoms with Gasteiger partial charge in [-0.05, 0) is 6.92 Å².